The number of hydrogen-bond donors (Lipinski definition) is 0. The van der Waals surface area contributed by atoms with Crippen molar-refractivity contribution < 1.29 is 4.73 Å². The molecule has 0 aliphatic heterocycles. The van der Waals surface area contributed by atoms with Crippen LogP contribution in [0.1, 0.15) is 11.3 Å². The lowest BCUT2D eigenvalue weighted by molar-refractivity contribution is -0.616. The second-order valence-electron chi connectivity index (χ2n) is 3.06. The molecule has 0 unspecified atom stereocenters. The maximum atomic E-state index is 11.3. The highest BCUT2D eigenvalue weighted by molar-refractivity contribution is 5.19. The molecule has 2 rings (SSSR count). The summed E-state index contributed by atoms with van der Waals surface area (Å²) in [7, 11) is 0. The number of hydrogen-bond acceptors (Lipinski definition) is 2. The lowest BCUT2D eigenvalue weighted by atomic mass is 10.1. The van der Waals surface area contributed by atoms with Crippen LogP contribution in [0.2, 0.25) is 0 Å². The van der Waals surface area contributed by atoms with Crippen molar-refractivity contribution in [3.63, 3.8) is 0 Å². The second-order valence-corrected chi connectivity index (χ2v) is 3.06. The molecule has 0 atom stereocenters. The third-order valence-electron chi connectivity index (χ3n) is 2.04. The van der Waals surface area contributed by atoms with Gasteiger partial charge in [-0.1, -0.05) is 35.3 Å². The van der Waals surface area contributed by atoms with Crippen LogP contribution in [0, 0.1) is 5.21 Å². The molecule has 0 amide bonds. The van der Waals surface area contributed by atoms with E-state index in [1.54, 1.807) is 12.3 Å². The Hall–Kier alpha value is -1.90. The van der Waals surface area contributed by atoms with Gasteiger partial charge in [-0.05, 0) is 5.56 Å². The third kappa shape index (κ3) is 1.88. The molecule has 0 aliphatic carbocycles. The molecule has 0 bridgehead atoms. The first-order valence-corrected chi connectivity index (χ1v) is 4.42. The van der Waals surface area contributed by atoms with Crippen molar-refractivity contribution in [2.24, 2.45) is 0 Å². The molecular weight excluding hydrogens is 176 g/mol. The maximum Gasteiger partial charge on any atom is 0.289 e. The van der Waals surface area contributed by atoms with Crippen LogP contribution in [0.15, 0.2) is 48.9 Å². The minimum atomic E-state index is 0.646. The van der Waals surface area contributed by atoms with E-state index in [9.17, 15) is 5.21 Å². The average Bonchev–Trinajstić information content (AvgIpc) is 2.23. The smallest absolute Gasteiger partial charge is 0.289 e. The zero-order valence-corrected chi connectivity index (χ0v) is 7.63. The lowest BCUT2D eigenvalue weighted by Crippen LogP contribution is -2.31. The van der Waals surface area contributed by atoms with Crippen LogP contribution in [0.4, 0.5) is 0 Å². The van der Waals surface area contributed by atoms with Crippen molar-refractivity contribution in [1.29, 1.82) is 0 Å². The molecule has 1 heterocycles. The standard InChI is InChI=1S/C11H10N2O/c14-13-9-12-7-6-11(13)8-10-4-2-1-3-5-10/h1-7,9H,8H2. The quantitative estimate of drug-likeness (QED) is 0.524. The second kappa shape index (κ2) is 3.87. The van der Waals surface area contributed by atoms with E-state index >= 15 is 0 Å². The van der Waals surface area contributed by atoms with E-state index in [1.165, 1.54) is 6.33 Å². The Bertz CT molecular complexity index is 415. The molecule has 2 aromatic rings. The Morgan fingerprint density at radius 3 is 2.64 bits per heavy atom. The van der Waals surface area contributed by atoms with Gasteiger partial charge in [0.2, 0.25) is 0 Å². The highest BCUT2D eigenvalue weighted by atomic mass is 16.5. The number of nitrogens with zero attached hydrogens (tertiary/aromatic N) is 2. The van der Waals surface area contributed by atoms with Crippen molar-refractivity contribution in [3.8, 4) is 0 Å². The normalized spacial score (nSPS) is 10.0. The Morgan fingerprint density at radius 2 is 1.93 bits per heavy atom. The first-order chi connectivity index (χ1) is 6.86. The van der Waals surface area contributed by atoms with E-state index < -0.39 is 0 Å². The van der Waals surface area contributed by atoms with E-state index in [1.807, 2.05) is 30.3 Å². The topological polar surface area (TPSA) is 39.8 Å². The molecule has 0 aliphatic rings. The first-order valence-electron chi connectivity index (χ1n) is 4.42. The van der Waals surface area contributed by atoms with Gasteiger partial charge in [0.1, 0.15) is 11.9 Å². The number of aromatic nitrogens is 2. The minimum Gasteiger partial charge on any atom is -0.711 e. The number of rotatable bonds is 2. The summed E-state index contributed by atoms with van der Waals surface area (Å²) in [4.78, 5) is 3.74. The molecule has 0 saturated carbocycles. The summed E-state index contributed by atoms with van der Waals surface area (Å²) in [5.41, 5.74) is 1.84. The van der Waals surface area contributed by atoms with Crippen LogP contribution in [0.25, 0.3) is 0 Å². The van der Waals surface area contributed by atoms with Crippen molar-refractivity contribution in [1.82, 2.24) is 4.98 Å². The highest BCUT2D eigenvalue weighted by Crippen LogP contribution is 2.04. The van der Waals surface area contributed by atoms with E-state index in [0.717, 1.165) is 10.3 Å². The molecule has 1 aromatic carbocycles. The SMILES string of the molecule is [O-][n+]1cnccc1Cc1ccccc1. The lowest BCUT2D eigenvalue weighted by Gasteiger charge is -2.06. The van der Waals surface area contributed by atoms with E-state index in [2.05, 4.69) is 4.98 Å². The molecule has 0 fully saturated rings. The van der Waals surface area contributed by atoms with Crippen LogP contribution < -0.4 is 4.73 Å². The molecule has 0 N–H and O–H groups in total. The summed E-state index contributed by atoms with van der Waals surface area (Å²) < 4.78 is 0.799. The number of benzene rings is 1. The third-order valence-corrected chi connectivity index (χ3v) is 2.04. The zero-order chi connectivity index (χ0) is 9.80. The van der Waals surface area contributed by atoms with Gasteiger partial charge in [0, 0.05) is 12.5 Å². The molecular formula is C11H10N2O. The summed E-state index contributed by atoms with van der Waals surface area (Å²) >= 11 is 0. The fourth-order valence-electron chi connectivity index (χ4n) is 1.32. The Morgan fingerprint density at radius 1 is 1.14 bits per heavy atom. The fourth-order valence-corrected chi connectivity index (χ4v) is 1.32. The highest BCUT2D eigenvalue weighted by Gasteiger charge is 2.01. The Balaban J connectivity index is 2.24. The average molecular weight is 186 g/mol. The van der Waals surface area contributed by atoms with Crippen LogP contribution in [-0.4, -0.2) is 4.98 Å². The predicted octanol–water partition coefficient (Wildman–Crippen LogP) is 1.31. The van der Waals surface area contributed by atoms with Gasteiger partial charge < -0.3 is 5.21 Å². The molecule has 0 spiro atoms. The fraction of sp³-hybridized carbons (Fsp3) is 0.0909. The molecule has 0 saturated heterocycles. The van der Waals surface area contributed by atoms with E-state index in [4.69, 9.17) is 0 Å². The molecule has 3 heteroatoms. The van der Waals surface area contributed by atoms with Gasteiger partial charge >= 0.3 is 0 Å². The Kier molecular flexibility index (Phi) is 2.40. The zero-order valence-electron chi connectivity index (χ0n) is 7.63. The van der Waals surface area contributed by atoms with Crippen molar-refractivity contribution in [2.75, 3.05) is 0 Å². The molecule has 70 valence electrons. The Labute approximate surface area is 82.3 Å². The van der Waals surface area contributed by atoms with E-state index in [0.29, 0.717) is 12.1 Å². The predicted molar refractivity (Wildman–Crippen MR) is 52.4 cm³/mol. The maximum absolute atomic E-state index is 11.3. The van der Waals surface area contributed by atoms with Gasteiger partial charge in [0.05, 0.1) is 0 Å². The van der Waals surface area contributed by atoms with Gasteiger partial charge in [-0.25, -0.2) is 4.73 Å². The molecule has 14 heavy (non-hydrogen) atoms. The van der Waals surface area contributed by atoms with Gasteiger partial charge in [0.25, 0.3) is 6.33 Å². The van der Waals surface area contributed by atoms with E-state index in [-0.39, 0.29) is 0 Å². The molecule has 3 nitrogen and oxygen atoms in total. The van der Waals surface area contributed by atoms with Crippen molar-refractivity contribution >= 4 is 0 Å². The van der Waals surface area contributed by atoms with Crippen molar-refractivity contribution in [2.45, 2.75) is 6.42 Å². The van der Waals surface area contributed by atoms with Crippen LogP contribution in [0.5, 0.6) is 0 Å². The summed E-state index contributed by atoms with van der Waals surface area (Å²) in [5, 5.41) is 11.3. The summed E-state index contributed by atoms with van der Waals surface area (Å²) in [6.45, 7) is 0. The van der Waals surface area contributed by atoms with Crippen LogP contribution in [-0.2, 0) is 6.42 Å². The summed E-state index contributed by atoms with van der Waals surface area (Å²) in [6, 6.07) is 11.6. The van der Waals surface area contributed by atoms with Crippen LogP contribution in [0.3, 0.4) is 0 Å². The monoisotopic (exact) mass is 186 g/mol. The molecule has 1 aromatic heterocycles. The molecule has 0 radical (unpaired) electrons. The first kappa shape index (κ1) is 8.69. The van der Waals surface area contributed by atoms with Gasteiger partial charge in [-0.15, -0.1) is 0 Å². The summed E-state index contributed by atoms with van der Waals surface area (Å²) in [5.74, 6) is 0. The minimum absolute atomic E-state index is 0.646. The van der Waals surface area contributed by atoms with Crippen LogP contribution >= 0.6 is 0 Å². The van der Waals surface area contributed by atoms with Gasteiger partial charge in [0.15, 0.2) is 0 Å². The van der Waals surface area contributed by atoms with Gasteiger partial charge in [-0.3, -0.25) is 0 Å². The summed E-state index contributed by atoms with van der Waals surface area (Å²) in [6.07, 6.45) is 3.55. The largest absolute Gasteiger partial charge is 0.711 e. The van der Waals surface area contributed by atoms with Crippen molar-refractivity contribution in [3.05, 3.63) is 65.4 Å². The van der Waals surface area contributed by atoms with Gasteiger partial charge in [-0.2, -0.15) is 0 Å².